The molecule has 0 saturated carbocycles. The lowest BCUT2D eigenvalue weighted by Crippen LogP contribution is -2.37. The zero-order chi connectivity index (χ0) is 15.9. The van der Waals surface area contributed by atoms with E-state index in [0.29, 0.717) is 31.6 Å². The molecular weight excluding hydrogens is 397 g/mol. The Labute approximate surface area is 142 Å². The molecule has 0 atom stereocenters. The molecule has 0 spiro atoms. The van der Waals surface area contributed by atoms with Crippen molar-refractivity contribution in [2.24, 2.45) is 0 Å². The Bertz CT molecular complexity index is 560. The van der Waals surface area contributed by atoms with E-state index >= 15 is 0 Å². The van der Waals surface area contributed by atoms with Crippen LogP contribution in [0.4, 0.5) is 5.69 Å². The van der Waals surface area contributed by atoms with Gasteiger partial charge in [0.1, 0.15) is 0 Å². The monoisotopic (exact) mass is 415 g/mol. The molecule has 0 aliphatic carbocycles. The summed E-state index contributed by atoms with van der Waals surface area (Å²) in [6, 6.07) is 7.18. The molecule has 1 aliphatic rings. The van der Waals surface area contributed by atoms with Gasteiger partial charge in [-0.3, -0.25) is 14.4 Å². The number of carbonyl (C=O) groups is 3. The van der Waals surface area contributed by atoms with Crippen molar-refractivity contribution in [2.45, 2.75) is 19.3 Å². The average Bonchev–Trinajstić information content (AvgIpc) is 2.91. The molecule has 1 aromatic rings. The summed E-state index contributed by atoms with van der Waals surface area (Å²) in [5.41, 5.74) is 0.586. The molecule has 2 rings (SSSR count). The first kappa shape index (κ1) is 16.7. The molecule has 118 valence electrons. The van der Waals surface area contributed by atoms with Crippen LogP contribution >= 0.6 is 22.6 Å². The number of nitrogens with one attached hydrogen (secondary N) is 2. The second-order valence-electron chi connectivity index (χ2n) is 5.05. The van der Waals surface area contributed by atoms with Gasteiger partial charge < -0.3 is 15.5 Å². The predicted molar refractivity (Wildman–Crippen MR) is 91.2 cm³/mol. The van der Waals surface area contributed by atoms with Crippen LogP contribution in [0.3, 0.4) is 0 Å². The van der Waals surface area contributed by atoms with Gasteiger partial charge in [-0.25, -0.2) is 0 Å². The first-order valence-corrected chi connectivity index (χ1v) is 8.26. The Hall–Kier alpha value is -1.64. The number of rotatable bonds is 5. The standard InChI is InChI=1S/C15H18IN3O3/c16-11-4-6-12(7-5-11)18-15(22)14(21)17-8-2-10-19-9-1-3-13(19)20/h4-7H,1-3,8-10H2,(H,17,21)(H,18,22). The van der Waals surface area contributed by atoms with Gasteiger partial charge in [-0.05, 0) is 59.7 Å². The number of amides is 3. The van der Waals surface area contributed by atoms with E-state index in [1.165, 1.54) is 0 Å². The summed E-state index contributed by atoms with van der Waals surface area (Å²) in [6.45, 7) is 1.79. The number of benzene rings is 1. The lowest BCUT2D eigenvalue weighted by atomic mass is 10.3. The zero-order valence-electron chi connectivity index (χ0n) is 12.1. The lowest BCUT2D eigenvalue weighted by molar-refractivity contribution is -0.136. The summed E-state index contributed by atoms with van der Waals surface area (Å²) in [5.74, 6) is -1.17. The van der Waals surface area contributed by atoms with E-state index in [4.69, 9.17) is 0 Å². The van der Waals surface area contributed by atoms with Crippen LogP contribution in [0.2, 0.25) is 0 Å². The summed E-state index contributed by atoms with van der Waals surface area (Å²) < 4.78 is 1.05. The normalized spacial score (nSPS) is 14.0. The zero-order valence-corrected chi connectivity index (χ0v) is 14.3. The summed E-state index contributed by atoms with van der Waals surface area (Å²) in [6.07, 6.45) is 2.17. The van der Waals surface area contributed by atoms with Crippen LogP contribution in [0, 0.1) is 3.57 Å². The van der Waals surface area contributed by atoms with Crippen LogP contribution in [0.5, 0.6) is 0 Å². The van der Waals surface area contributed by atoms with Crippen molar-refractivity contribution >= 4 is 46.0 Å². The molecule has 22 heavy (non-hydrogen) atoms. The highest BCUT2D eigenvalue weighted by molar-refractivity contribution is 14.1. The Morgan fingerprint density at radius 3 is 2.55 bits per heavy atom. The molecule has 1 heterocycles. The number of anilines is 1. The maximum atomic E-state index is 11.7. The van der Waals surface area contributed by atoms with Gasteiger partial charge in [-0.1, -0.05) is 0 Å². The molecule has 0 radical (unpaired) electrons. The number of halogens is 1. The molecule has 1 aliphatic heterocycles. The smallest absolute Gasteiger partial charge is 0.313 e. The molecule has 3 amide bonds. The third-order valence-electron chi connectivity index (χ3n) is 3.37. The molecule has 0 bridgehead atoms. The molecule has 1 saturated heterocycles. The molecule has 7 heteroatoms. The first-order chi connectivity index (χ1) is 10.6. The second-order valence-corrected chi connectivity index (χ2v) is 6.30. The summed E-state index contributed by atoms with van der Waals surface area (Å²) in [7, 11) is 0. The second kappa shape index (κ2) is 8.11. The van der Waals surface area contributed by atoms with Crippen molar-refractivity contribution in [3.05, 3.63) is 27.8 Å². The highest BCUT2D eigenvalue weighted by Crippen LogP contribution is 2.11. The van der Waals surface area contributed by atoms with Gasteiger partial charge in [0.2, 0.25) is 5.91 Å². The highest BCUT2D eigenvalue weighted by atomic mass is 127. The van der Waals surface area contributed by atoms with E-state index < -0.39 is 11.8 Å². The van der Waals surface area contributed by atoms with Gasteiger partial charge in [-0.15, -0.1) is 0 Å². The van der Waals surface area contributed by atoms with E-state index in [-0.39, 0.29) is 5.91 Å². The average molecular weight is 415 g/mol. The minimum absolute atomic E-state index is 0.169. The van der Waals surface area contributed by atoms with Gasteiger partial charge in [-0.2, -0.15) is 0 Å². The third kappa shape index (κ3) is 4.97. The van der Waals surface area contributed by atoms with Gasteiger partial charge in [0, 0.05) is 35.3 Å². The van der Waals surface area contributed by atoms with E-state index in [2.05, 4.69) is 33.2 Å². The van der Waals surface area contributed by atoms with Crippen molar-refractivity contribution in [2.75, 3.05) is 25.0 Å². The summed E-state index contributed by atoms with van der Waals surface area (Å²) >= 11 is 2.16. The molecule has 0 aromatic heterocycles. The number of nitrogens with zero attached hydrogens (tertiary/aromatic N) is 1. The number of hydrogen-bond acceptors (Lipinski definition) is 3. The van der Waals surface area contributed by atoms with Crippen LogP contribution < -0.4 is 10.6 Å². The van der Waals surface area contributed by atoms with E-state index in [1.54, 1.807) is 17.0 Å². The molecular formula is C15H18IN3O3. The largest absolute Gasteiger partial charge is 0.348 e. The Kier molecular flexibility index (Phi) is 6.17. The van der Waals surface area contributed by atoms with Crippen molar-refractivity contribution in [3.63, 3.8) is 0 Å². The van der Waals surface area contributed by atoms with Crippen molar-refractivity contribution in [1.29, 1.82) is 0 Å². The topological polar surface area (TPSA) is 78.5 Å². The fourth-order valence-electron chi connectivity index (χ4n) is 2.21. The summed E-state index contributed by atoms with van der Waals surface area (Å²) in [4.78, 5) is 36.6. The third-order valence-corrected chi connectivity index (χ3v) is 4.09. The van der Waals surface area contributed by atoms with E-state index in [9.17, 15) is 14.4 Å². The Morgan fingerprint density at radius 2 is 1.91 bits per heavy atom. The predicted octanol–water partition coefficient (Wildman–Crippen LogP) is 1.36. The quantitative estimate of drug-likeness (QED) is 0.433. The Balaban J connectivity index is 1.67. The number of hydrogen-bond donors (Lipinski definition) is 2. The molecule has 1 aromatic carbocycles. The lowest BCUT2D eigenvalue weighted by Gasteiger charge is -2.15. The minimum atomic E-state index is -0.682. The van der Waals surface area contributed by atoms with Gasteiger partial charge in [0.25, 0.3) is 0 Å². The van der Waals surface area contributed by atoms with Gasteiger partial charge in [0.05, 0.1) is 0 Å². The van der Waals surface area contributed by atoms with Crippen LogP contribution in [0.25, 0.3) is 0 Å². The Morgan fingerprint density at radius 1 is 1.18 bits per heavy atom. The molecule has 2 N–H and O–H groups in total. The first-order valence-electron chi connectivity index (χ1n) is 7.19. The van der Waals surface area contributed by atoms with Crippen molar-refractivity contribution in [1.82, 2.24) is 10.2 Å². The maximum Gasteiger partial charge on any atom is 0.313 e. The van der Waals surface area contributed by atoms with E-state index in [0.717, 1.165) is 16.5 Å². The molecule has 1 fully saturated rings. The fraction of sp³-hybridized carbons (Fsp3) is 0.400. The molecule has 6 nitrogen and oxygen atoms in total. The van der Waals surface area contributed by atoms with Crippen molar-refractivity contribution in [3.8, 4) is 0 Å². The van der Waals surface area contributed by atoms with Crippen LogP contribution in [-0.2, 0) is 14.4 Å². The van der Waals surface area contributed by atoms with Crippen LogP contribution in [0.15, 0.2) is 24.3 Å². The maximum absolute atomic E-state index is 11.7. The number of carbonyl (C=O) groups excluding carboxylic acids is 3. The highest BCUT2D eigenvalue weighted by Gasteiger charge is 2.19. The van der Waals surface area contributed by atoms with Crippen molar-refractivity contribution < 1.29 is 14.4 Å². The van der Waals surface area contributed by atoms with Crippen LogP contribution in [-0.4, -0.2) is 42.3 Å². The van der Waals surface area contributed by atoms with Gasteiger partial charge in [0.15, 0.2) is 0 Å². The number of likely N-dealkylation sites (tertiary alicyclic amines) is 1. The van der Waals surface area contributed by atoms with E-state index in [1.807, 2.05) is 12.1 Å². The SMILES string of the molecule is O=C(NCCCN1CCCC1=O)C(=O)Nc1ccc(I)cc1. The van der Waals surface area contributed by atoms with Crippen LogP contribution in [0.1, 0.15) is 19.3 Å². The van der Waals surface area contributed by atoms with Gasteiger partial charge >= 0.3 is 11.8 Å². The minimum Gasteiger partial charge on any atom is -0.348 e. The molecule has 0 unspecified atom stereocenters. The summed E-state index contributed by atoms with van der Waals surface area (Å²) in [5, 5.41) is 5.10. The fourth-order valence-corrected chi connectivity index (χ4v) is 2.57.